The highest BCUT2D eigenvalue weighted by atomic mass is 35.5. The van der Waals surface area contributed by atoms with Gasteiger partial charge in [-0.05, 0) is 12.1 Å². The van der Waals surface area contributed by atoms with Crippen LogP contribution in [0.2, 0.25) is 10.0 Å². The Morgan fingerprint density at radius 3 is 2.64 bits per heavy atom. The van der Waals surface area contributed by atoms with Crippen LogP contribution in [0, 0.1) is 0 Å². The molecule has 0 saturated carbocycles. The minimum atomic E-state index is -1.31. The fourth-order valence-corrected chi connectivity index (χ4v) is 3.38. The van der Waals surface area contributed by atoms with Gasteiger partial charge in [0.2, 0.25) is 5.60 Å². The second-order valence-corrected chi connectivity index (χ2v) is 6.07. The molecule has 1 saturated heterocycles. The number of rotatable bonds is 2. The van der Waals surface area contributed by atoms with E-state index in [1.54, 1.807) is 30.3 Å². The molecule has 0 radical (unpaired) electrons. The molecule has 1 amide bonds. The van der Waals surface area contributed by atoms with Crippen LogP contribution in [0.25, 0.3) is 0 Å². The van der Waals surface area contributed by atoms with Crippen LogP contribution in [0.1, 0.15) is 15.9 Å². The first-order valence-electron chi connectivity index (χ1n) is 6.62. The number of amides is 1. The van der Waals surface area contributed by atoms with Crippen LogP contribution >= 0.6 is 23.2 Å². The molecular weight excluding hydrogens is 325 g/mol. The molecule has 1 fully saturated rings. The standard InChI is InChI=1S/C16H9Cl2NO3/c17-9-6-10-12(11(18)7-9)19-15(21)16(10)14(22-16)13(20)8-4-2-1-3-5-8/h1-7,14H,(H,19,21)/t14-,16-/m0/s1. The van der Waals surface area contributed by atoms with Crippen molar-refractivity contribution in [2.75, 3.05) is 5.32 Å². The highest BCUT2D eigenvalue weighted by Gasteiger charge is 2.70. The fraction of sp³-hybridized carbons (Fsp3) is 0.125. The van der Waals surface area contributed by atoms with Gasteiger partial charge in [-0.25, -0.2) is 0 Å². The third-order valence-electron chi connectivity index (χ3n) is 3.94. The van der Waals surface area contributed by atoms with Crippen LogP contribution in [0.5, 0.6) is 0 Å². The second kappa shape index (κ2) is 4.56. The van der Waals surface area contributed by atoms with Gasteiger partial charge in [-0.15, -0.1) is 0 Å². The van der Waals surface area contributed by atoms with E-state index in [-0.39, 0.29) is 11.7 Å². The summed E-state index contributed by atoms with van der Waals surface area (Å²) in [6.07, 6.45) is -0.856. The highest BCUT2D eigenvalue weighted by molar-refractivity contribution is 6.38. The molecular formula is C16H9Cl2NO3. The molecule has 0 unspecified atom stereocenters. The van der Waals surface area contributed by atoms with Gasteiger partial charge in [0.25, 0.3) is 5.91 Å². The van der Waals surface area contributed by atoms with Crippen molar-refractivity contribution in [3.63, 3.8) is 0 Å². The first-order valence-corrected chi connectivity index (χ1v) is 7.37. The van der Waals surface area contributed by atoms with Gasteiger partial charge in [0.15, 0.2) is 11.9 Å². The second-order valence-electron chi connectivity index (χ2n) is 5.23. The summed E-state index contributed by atoms with van der Waals surface area (Å²) in [6, 6.07) is 11.9. The third kappa shape index (κ3) is 1.75. The molecule has 1 spiro atoms. The maximum Gasteiger partial charge on any atom is 0.264 e. The predicted molar refractivity (Wildman–Crippen MR) is 82.4 cm³/mol. The monoisotopic (exact) mass is 333 g/mol. The maximum absolute atomic E-state index is 12.5. The number of carbonyl (C=O) groups excluding carboxylic acids is 2. The topological polar surface area (TPSA) is 58.7 Å². The lowest BCUT2D eigenvalue weighted by Gasteiger charge is -2.05. The smallest absolute Gasteiger partial charge is 0.264 e. The molecule has 4 nitrogen and oxygen atoms in total. The summed E-state index contributed by atoms with van der Waals surface area (Å²) in [5.41, 5.74) is 0.166. The Hall–Kier alpha value is -1.88. The first kappa shape index (κ1) is 13.8. The van der Waals surface area contributed by atoms with Crippen molar-refractivity contribution in [3.8, 4) is 0 Å². The zero-order valence-electron chi connectivity index (χ0n) is 11.1. The van der Waals surface area contributed by atoms with E-state index in [4.69, 9.17) is 27.9 Å². The zero-order valence-corrected chi connectivity index (χ0v) is 12.6. The molecule has 2 heterocycles. The molecule has 0 bridgehead atoms. The van der Waals surface area contributed by atoms with E-state index in [9.17, 15) is 9.59 Å². The normalized spacial score (nSPS) is 25.0. The number of Topliss-reactive ketones (excluding diaryl/α,β-unsaturated/α-hetero) is 1. The van der Waals surface area contributed by atoms with Crippen LogP contribution in [0.3, 0.4) is 0 Å². The van der Waals surface area contributed by atoms with Crippen LogP contribution in [0.15, 0.2) is 42.5 Å². The summed E-state index contributed by atoms with van der Waals surface area (Å²) >= 11 is 12.1. The van der Waals surface area contributed by atoms with Gasteiger partial charge in [0.1, 0.15) is 0 Å². The largest absolute Gasteiger partial charge is 0.342 e. The lowest BCUT2D eigenvalue weighted by molar-refractivity contribution is -0.120. The summed E-state index contributed by atoms with van der Waals surface area (Å²) in [7, 11) is 0. The summed E-state index contributed by atoms with van der Waals surface area (Å²) in [5.74, 6) is -0.624. The number of hydrogen-bond acceptors (Lipinski definition) is 3. The SMILES string of the molecule is O=C(c1ccccc1)[C@@H]1O[C@]12C(=O)Nc1c(Cl)cc(Cl)cc12. The molecule has 2 aromatic rings. The average Bonchev–Trinajstić information content (AvgIpc) is 3.20. The quantitative estimate of drug-likeness (QED) is 0.676. The molecule has 2 aliphatic heterocycles. The van der Waals surface area contributed by atoms with Crippen molar-refractivity contribution >= 4 is 40.6 Å². The predicted octanol–water partition coefficient (Wildman–Crippen LogP) is 3.42. The number of hydrogen-bond donors (Lipinski definition) is 1. The van der Waals surface area contributed by atoms with E-state index >= 15 is 0 Å². The van der Waals surface area contributed by atoms with Crippen molar-refractivity contribution in [1.29, 1.82) is 0 Å². The van der Waals surface area contributed by atoms with E-state index in [0.717, 1.165) is 0 Å². The summed E-state index contributed by atoms with van der Waals surface area (Å²) in [6.45, 7) is 0. The molecule has 0 aromatic heterocycles. The minimum Gasteiger partial charge on any atom is -0.342 e. The molecule has 22 heavy (non-hydrogen) atoms. The van der Waals surface area contributed by atoms with Crippen molar-refractivity contribution in [2.45, 2.75) is 11.7 Å². The van der Waals surface area contributed by atoms with Crippen LogP contribution in [-0.4, -0.2) is 17.8 Å². The van der Waals surface area contributed by atoms with Crippen LogP contribution < -0.4 is 5.32 Å². The molecule has 4 rings (SSSR count). The van der Waals surface area contributed by atoms with Gasteiger partial charge in [-0.2, -0.15) is 0 Å². The Kier molecular flexibility index (Phi) is 2.85. The number of carbonyl (C=O) groups is 2. The van der Waals surface area contributed by atoms with Crippen LogP contribution in [0.4, 0.5) is 5.69 Å². The number of halogens is 2. The Morgan fingerprint density at radius 2 is 1.91 bits per heavy atom. The van der Waals surface area contributed by atoms with Crippen molar-refractivity contribution in [1.82, 2.24) is 0 Å². The Morgan fingerprint density at radius 1 is 1.18 bits per heavy atom. The zero-order chi connectivity index (χ0) is 15.5. The van der Waals surface area contributed by atoms with Gasteiger partial charge in [0, 0.05) is 16.1 Å². The number of benzene rings is 2. The van der Waals surface area contributed by atoms with Crippen LogP contribution in [-0.2, 0) is 15.1 Å². The number of anilines is 1. The van der Waals surface area contributed by atoms with Gasteiger partial charge in [-0.1, -0.05) is 53.5 Å². The summed E-state index contributed by atoms with van der Waals surface area (Å²) in [5, 5.41) is 3.39. The van der Waals surface area contributed by atoms with Gasteiger partial charge < -0.3 is 10.1 Å². The minimum absolute atomic E-state index is 0.236. The summed E-state index contributed by atoms with van der Waals surface area (Å²) < 4.78 is 5.55. The van der Waals surface area contributed by atoms with E-state index in [1.807, 2.05) is 6.07 Å². The molecule has 110 valence electrons. The lowest BCUT2D eigenvalue weighted by atomic mass is 9.92. The Labute approximate surface area is 136 Å². The van der Waals surface area contributed by atoms with E-state index in [0.29, 0.717) is 26.9 Å². The number of nitrogens with one attached hydrogen (secondary N) is 1. The maximum atomic E-state index is 12.5. The fourth-order valence-electron chi connectivity index (χ4n) is 2.84. The third-order valence-corrected chi connectivity index (χ3v) is 4.46. The van der Waals surface area contributed by atoms with Gasteiger partial charge in [-0.3, -0.25) is 9.59 Å². The van der Waals surface area contributed by atoms with Gasteiger partial charge >= 0.3 is 0 Å². The molecule has 2 atom stereocenters. The van der Waals surface area contributed by atoms with Crippen molar-refractivity contribution in [2.24, 2.45) is 0 Å². The number of ketones is 1. The average molecular weight is 334 g/mol. The molecule has 6 heteroatoms. The van der Waals surface area contributed by atoms with E-state index < -0.39 is 11.7 Å². The molecule has 2 aliphatic rings. The van der Waals surface area contributed by atoms with Gasteiger partial charge in [0.05, 0.1) is 10.7 Å². The highest BCUT2D eigenvalue weighted by Crippen LogP contribution is 2.56. The molecule has 1 N–H and O–H groups in total. The molecule has 2 aromatic carbocycles. The van der Waals surface area contributed by atoms with Crippen molar-refractivity contribution < 1.29 is 14.3 Å². The number of ether oxygens (including phenoxy) is 1. The van der Waals surface area contributed by atoms with E-state index in [2.05, 4.69) is 5.32 Å². The Balaban J connectivity index is 1.77. The lowest BCUT2D eigenvalue weighted by Crippen LogP contribution is -2.27. The number of epoxide rings is 1. The molecule has 0 aliphatic carbocycles. The van der Waals surface area contributed by atoms with E-state index in [1.165, 1.54) is 6.07 Å². The van der Waals surface area contributed by atoms with Crippen molar-refractivity contribution in [3.05, 3.63) is 63.6 Å². The summed E-state index contributed by atoms with van der Waals surface area (Å²) in [4.78, 5) is 24.9. The Bertz CT molecular complexity index is 822. The first-order chi connectivity index (χ1) is 10.5. The number of fused-ring (bicyclic) bond motifs is 2.